The van der Waals surface area contributed by atoms with E-state index in [9.17, 15) is 0 Å². The Balaban J connectivity index is 1.81. The molecule has 140 valence electrons. The lowest BCUT2D eigenvalue weighted by Gasteiger charge is -2.33. The van der Waals surface area contributed by atoms with Crippen molar-refractivity contribution in [1.29, 1.82) is 0 Å². The second-order valence-corrected chi connectivity index (χ2v) is 14.6. The molecular weight excluding hydrogens is 342 g/mol. The van der Waals surface area contributed by atoms with E-state index in [2.05, 4.69) is 69.0 Å². The SMILES string of the molecule is [2H]c1cc(C)c(C)c(-c2c3ccc(C4CC[Si](C)(C)CC4)cc3cc[n+]2C)c1. The molecule has 0 spiro atoms. The van der Waals surface area contributed by atoms with Gasteiger partial charge in [-0.15, -0.1) is 0 Å². The van der Waals surface area contributed by atoms with Crippen molar-refractivity contribution in [2.24, 2.45) is 7.05 Å². The van der Waals surface area contributed by atoms with E-state index < -0.39 is 8.07 Å². The van der Waals surface area contributed by atoms with Gasteiger partial charge >= 0.3 is 0 Å². The number of fused-ring (bicyclic) bond motifs is 1. The summed E-state index contributed by atoms with van der Waals surface area (Å²) in [5.41, 5.74) is 6.36. The quantitative estimate of drug-likeness (QED) is 0.354. The highest BCUT2D eigenvalue weighted by Crippen LogP contribution is 2.39. The zero-order chi connectivity index (χ0) is 20.1. The van der Waals surface area contributed by atoms with Gasteiger partial charge < -0.3 is 0 Å². The van der Waals surface area contributed by atoms with Gasteiger partial charge in [0.15, 0.2) is 6.20 Å². The van der Waals surface area contributed by atoms with Crippen molar-refractivity contribution in [3.05, 3.63) is 65.3 Å². The van der Waals surface area contributed by atoms with Gasteiger partial charge in [-0.3, -0.25) is 0 Å². The molecule has 2 heterocycles. The first-order valence-electron chi connectivity index (χ1n) is 10.8. The van der Waals surface area contributed by atoms with Gasteiger partial charge in [-0.25, -0.2) is 4.57 Å². The maximum atomic E-state index is 8.20. The van der Waals surface area contributed by atoms with Crippen LogP contribution in [0.5, 0.6) is 0 Å². The standard InChI is InChI=1S/C25H32NSi/c1-18-7-6-8-23(19(18)2)25-24-10-9-21(17-22(24)11-14-26(25)3)20-12-15-27(4,5)16-13-20/h6-11,14,17,20H,12-13,15-16H2,1-5H3/q+1/i6D. The number of benzene rings is 2. The summed E-state index contributed by atoms with van der Waals surface area (Å²) < 4.78 is 10.4. The zero-order valence-electron chi connectivity index (χ0n) is 18.4. The predicted molar refractivity (Wildman–Crippen MR) is 119 cm³/mol. The maximum Gasteiger partial charge on any atom is 0.220 e. The highest BCUT2D eigenvalue weighted by atomic mass is 28.3. The molecule has 1 aliphatic rings. The summed E-state index contributed by atoms with van der Waals surface area (Å²) >= 11 is 0. The third-order valence-electron chi connectivity index (χ3n) is 6.75. The van der Waals surface area contributed by atoms with Crippen LogP contribution in [0.4, 0.5) is 0 Å². The summed E-state index contributed by atoms with van der Waals surface area (Å²) in [6.07, 6.45) is 4.89. The monoisotopic (exact) mass is 375 g/mol. The molecule has 0 saturated carbocycles. The minimum Gasteiger partial charge on any atom is -0.200 e. The van der Waals surface area contributed by atoms with E-state index in [1.54, 1.807) is 0 Å². The second-order valence-electron chi connectivity index (χ2n) is 9.24. The molecule has 0 radical (unpaired) electrons. The fourth-order valence-electron chi connectivity index (χ4n) is 4.64. The van der Waals surface area contributed by atoms with Crippen molar-refractivity contribution in [2.75, 3.05) is 0 Å². The molecule has 0 unspecified atom stereocenters. The van der Waals surface area contributed by atoms with Crippen molar-refractivity contribution in [2.45, 2.75) is 57.8 Å². The average molecular weight is 376 g/mol. The van der Waals surface area contributed by atoms with E-state index in [0.717, 1.165) is 5.92 Å². The van der Waals surface area contributed by atoms with Crippen LogP contribution >= 0.6 is 0 Å². The molecule has 0 N–H and O–H groups in total. The Labute approximate surface area is 166 Å². The Morgan fingerprint density at radius 2 is 1.78 bits per heavy atom. The first kappa shape index (κ1) is 17.2. The fraction of sp³-hybridized carbons (Fsp3) is 0.400. The highest BCUT2D eigenvalue weighted by molar-refractivity contribution is 6.77. The van der Waals surface area contributed by atoms with E-state index in [1.165, 1.54) is 63.7 Å². The van der Waals surface area contributed by atoms with Gasteiger partial charge in [0, 0.05) is 19.7 Å². The Kier molecular flexibility index (Phi) is 4.39. The number of hydrogen-bond acceptors (Lipinski definition) is 0. The van der Waals surface area contributed by atoms with Gasteiger partial charge in [0.1, 0.15) is 7.05 Å². The molecule has 1 aromatic heterocycles. The van der Waals surface area contributed by atoms with Gasteiger partial charge in [-0.1, -0.05) is 49.4 Å². The lowest BCUT2D eigenvalue weighted by molar-refractivity contribution is -0.659. The molecule has 27 heavy (non-hydrogen) atoms. The van der Waals surface area contributed by atoms with Gasteiger partial charge in [-0.05, 0) is 66.8 Å². The largest absolute Gasteiger partial charge is 0.220 e. The van der Waals surface area contributed by atoms with E-state index in [0.29, 0.717) is 6.04 Å². The molecule has 1 fully saturated rings. The molecule has 0 amide bonds. The molecule has 3 aromatic rings. The predicted octanol–water partition coefficient (Wildman–Crippen LogP) is 6.53. The molecule has 1 aliphatic heterocycles. The van der Waals surface area contributed by atoms with Crippen molar-refractivity contribution in [3.8, 4) is 11.3 Å². The number of pyridine rings is 1. The molecule has 1 saturated heterocycles. The van der Waals surface area contributed by atoms with E-state index in [4.69, 9.17) is 1.37 Å². The molecule has 2 heteroatoms. The van der Waals surface area contributed by atoms with Crippen molar-refractivity contribution < 1.29 is 5.94 Å². The molecule has 2 aromatic carbocycles. The van der Waals surface area contributed by atoms with Gasteiger partial charge in [0.05, 0.1) is 6.76 Å². The molecule has 4 rings (SSSR count). The van der Waals surface area contributed by atoms with Gasteiger partial charge in [0.2, 0.25) is 5.69 Å². The third-order valence-corrected chi connectivity index (χ3v) is 10.0. The van der Waals surface area contributed by atoms with Crippen LogP contribution in [0.3, 0.4) is 0 Å². The van der Waals surface area contributed by atoms with Gasteiger partial charge in [-0.2, -0.15) is 0 Å². The molecule has 1 nitrogen and oxygen atoms in total. The third kappa shape index (κ3) is 3.48. The van der Waals surface area contributed by atoms with E-state index in [-0.39, 0.29) is 0 Å². The molecular formula is C25H32NSi+. The summed E-state index contributed by atoms with van der Waals surface area (Å²) in [5, 5.41) is 2.60. The topological polar surface area (TPSA) is 3.88 Å². The molecule has 0 atom stereocenters. The summed E-state index contributed by atoms with van der Waals surface area (Å²) in [7, 11) is 1.20. The van der Waals surface area contributed by atoms with Crippen LogP contribution in [0.1, 0.15) is 36.8 Å². The van der Waals surface area contributed by atoms with Crippen LogP contribution in [0.2, 0.25) is 25.2 Å². The van der Waals surface area contributed by atoms with Crippen molar-refractivity contribution in [1.82, 2.24) is 0 Å². The van der Waals surface area contributed by atoms with Crippen LogP contribution in [-0.4, -0.2) is 8.07 Å². The normalized spacial score (nSPS) is 17.9. The first-order valence-corrected chi connectivity index (χ1v) is 13.7. The number of rotatable bonds is 2. The van der Waals surface area contributed by atoms with E-state index in [1.807, 2.05) is 12.1 Å². The molecule has 0 bridgehead atoms. The fourth-order valence-corrected chi connectivity index (χ4v) is 7.15. The Morgan fingerprint density at radius 3 is 2.52 bits per heavy atom. The number of aryl methyl sites for hydroxylation is 2. The maximum absolute atomic E-state index is 8.20. The lowest BCUT2D eigenvalue weighted by Crippen LogP contribution is -2.31. The average Bonchev–Trinajstić information content (AvgIpc) is 2.64. The number of hydrogen-bond donors (Lipinski definition) is 0. The second kappa shape index (κ2) is 6.90. The van der Waals surface area contributed by atoms with E-state index >= 15 is 0 Å². The highest BCUT2D eigenvalue weighted by Gasteiger charge is 2.29. The Morgan fingerprint density at radius 1 is 1.04 bits per heavy atom. The van der Waals surface area contributed by atoms with Crippen LogP contribution in [0, 0.1) is 13.8 Å². The summed E-state index contributed by atoms with van der Waals surface area (Å²) in [4.78, 5) is 0. The van der Waals surface area contributed by atoms with Crippen molar-refractivity contribution in [3.63, 3.8) is 0 Å². The van der Waals surface area contributed by atoms with Crippen LogP contribution < -0.4 is 4.57 Å². The number of nitrogens with zero attached hydrogens (tertiary/aromatic N) is 1. The summed E-state index contributed by atoms with van der Waals surface area (Å²) in [5.74, 6) is 0.725. The van der Waals surface area contributed by atoms with Crippen LogP contribution in [0.25, 0.3) is 22.0 Å². The number of aromatic nitrogens is 1. The Bertz CT molecular complexity index is 1040. The van der Waals surface area contributed by atoms with Crippen molar-refractivity contribution >= 4 is 18.8 Å². The summed E-state index contributed by atoms with van der Waals surface area (Å²) in [6, 6.07) is 16.8. The lowest BCUT2D eigenvalue weighted by atomic mass is 9.90. The smallest absolute Gasteiger partial charge is 0.200 e. The zero-order valence-corrected chi connectivity index (χ0v) is 18.4. The summed E-state index contributed by atoms with van der Waals surface area (Å²) in [6.45, 7) is 9.36. The first-order chi connectivity index (χ1) is 13.2. The molecule has 0 aliphatic carbocycles. The van der Waals surface area contributed by atoms with Gasteiger partial charge in [0.25, 0.3) is 0 Å². The van der Waals surface area contributed by atoms with Crippen LogP contribution in [-0.2, 0) is 7.05 Å². The minimum atomic E-state index is -0.918. The minimum absolute atomic E-state index is 0.584. The Hall–Kier alpha value is -1.93. The van der Waals surface area contributed by atoms with Crippen LogP contribution in [0.15, 0.2) is 48.6 Å².